The third-order valence-electron chi connectivity index (χ3n) is 5.93. The van der Waals surface area contributed by atoms with E-state index in [0.29, 0.717) is 24.3 Å². The van der Waals surface area contributed by atoms with Crippen molar-refractivity contribution in [3.63, 3.8) is 0 Å². The maximum atomic E-state index is 12.8. The summed E-state index contributed by atoms with van der Waals surface area (Å²) in [5, 5.41) is 23.1. The Balaban J connectivity index is 1.88. The van der Waals surface area contributed by atoms with Crippen molar-refractivity contribution in [3.05, 3.63) is 69.3 Å². The first-order valence-electron chi connectivity index (χ1n) is 11.4. The molecule has 8 nitrogen and oxygen atoms in total. The highest BCUT2D eigenvalue weighted by Crippen LogP contribution is 2.30. The molecule has 9 heteroatoms. The van der Waals surface area contributed by atoms with Gasteiger partial charge in [-0.2, -0.15) is 0 Å². The van der Waals surface area contributed by atoms with Gasteiger partial charge in [0.2, 0.25) is 11.8 Å². The summed E-state index contributed by atoms with van der Waals surface area (Å²) in [6.45, 7) is 1.70. The van der Waals surface area contributed by atoms with Gasteiger partial charge in [-0.05, 0) is 58.9 Å². The van der Waals surface area contributed by atoms with Gasteiger partial charge in [0, 0.05) is 32.0 Å². The zero-order chi connectivity index (χ0) is 25.4. The van der Waals surface area contributed by atoms with Gasteiger partial charge in [-0.1, -0.05) is 30.3 Å². The average molecular weight is 594 g/mol. The van der Waals surface area contributed by atoms with Crippen LogP contribution in [0.15, 0.2) is 60.2 Å². The Morgan fingerprint density at radius 3 is 2.49 bits per heavy atom. The van der Waals surface area contributed by atoms with E-state index in [9.17, 15) is 14.7 Å². The van der Waals surface area contributed by atoms with Crippen molar-refractivity contribution in [1.29, 1.82) is 0 Å². The molecule has 0 radical (unpaired) electrons. The standard InChI is InChI=1S/C26H31IN2O6/c1-17(31)29(13-11-18-7-3-5-9-22(18)34-2)21-15-19(26(33)28-12-14-30)16-24(25(21)32)35-23-10-6-4-8-20(23)27/h3-10,16,21,24-25,30,32H,11-15H2,1-2H3,(H,28,33)/t21-,24+,25+/m1/s1. The lowest BCUT2D eigenvalue weighted by atomic mass is 9.88. The molecule has 0 heterocycles. The van der Waals surface area contributed by atoms with Crippen LogP contribution in [0.2, 0.25) is 0 Å². The fourth-order valence-corrected chi connectivity index (χ4v) is 4.69. The monoisotopic (exact) mass is 594 g/mol. The fraction of sp³-hybridized carbons (Fsp3) is 0.385. The molecule has 1 aliphatic rings. The van der Waals surface area contributed by atoms with Crippen LogP contribution in [0.3, 0.4) is 0 Å². The van der Waals surface area contributed by atoms with Crippen LogP contribution in [0.5, 0.6) is 11.5 Å². The molecule has 0 saturated carbocycles. The lowest BCUT2D eigenvalue weighted by Crippen LogP contribution is -2.55. The maximum absolute atomic E-state index is 12.8. The second kappa shape index (κ2) is 12.9. The maximum Gasteiger partial charge on any atom is 0.247 e. The van der Waals surface area contributed by atoms with Crippen molar-refractivity contribution < 1.29 is 29.3 Å². The first-order valence-corrected chi connectivity index (χ1v) is 12.5. The van der Waals surface area contributed by atoms with Crippen molar-refractivity contribution in [2.75, 3.05) is 26.8 Å². The summed E-state index contributed by atoms with van der Waals surface area (Å²) in [6.07, 6.45) is 0.394. The molecular weight excluding hydrogens is 563 g/mol. The van der Waals surface area contributed by atoms with Crippen LogP contribution in [0.4, 0.5) is 0 Å². The number of carbonyl (C=O) groups is 2. The Morgan fingerprint density at radius 1 is 1.14 bits per heavy atom. The summed E-state index contributed by atoms with van der Waals surface area (Å²) in [5.41, 5.74) is 1.34. The zero-order valence-electron chi connectivity index (χ0n) is 19.8. The largest absolute Gasteiger partial charge is 0.496 e. The molecule has 0 aromatic heterocycles. The van der Waals surface area contributed by atoms with Crippen molar-refractivity contribution in [1.82, 2.24) is 10.2 Å². The Kier molecular flexibility index (Phi) is 9.93. The number of aliphatic hydroxyl groups is 2. The number of amides is 2. The van der Waals surface area contributed by atoms with E-state index in [1.54, 1.807) is 24.2 Å². The Labute approximate surface area is 219 Å². The van der Waals surface area contributed by atoms with Gasteiger partial charge in [-0.15, -0.1) is 0 Å². The predicted octanol–water partition coefficient (Wildman–Crippen LogP) is 2.31. The second-order valence-corrected chi connectivity index (χ2v) is 9.38. The van der Waals surface area contributed by atoms with Crippen molar-refractivity contribution in [3.8, 4) is 11.5 Å². The molecule has 2 aromatic rings. The van der Waals surface area contributed by atoms with Crippen LogP contribution in [0, 0.1) is 3.57 Å². The van der Waals surface area contributed by atoms with E-state index < -0.39 is 18.2 Å². The van der Waals surface area contributed by atoms with Crippen LogP contribution in [-0.2, 0) is 16.0 Å². The summed E-state index contributed by atoms with van der Waals surface area (Å²) in [7, 11) is 1.60. The van der Waals surface area contributed by atoms with Crippen LogP contribution in [0.1, 0.15) is 18.9 Å². The van der Waals surface area contributed by atoms with E-state index >= 15 is 0 Å². The van der Waals surface area contributed by atoms with Gasteiger partial charge in [0.1, 0.15) is 23.7 Å². The number of methoxy groups -OCH3 is 1. The van der Waals surface area contributed by atoms with Gasteiger partial charge >= 0.3 is 0 Å². The number of hydrogen-bond acceptors (Lipinski definition) is 6. The molecule has 0 bridgehead atoms. The minimum Gasteiger partial charge on any atom is -0.496 e. The van der Waals surface area contributed by atoms with Crippen LogP contribution < -0.4 is 14.8 Å². The minimum atomic E-state index is -1.05. The van der Waals surface area contributed by atoms with Crippen LogP contribution in [-0.4, -0.2) is 72.0 Å². The number of benzene rings is 2. The molecule has 188 valence electrons. The van der Waals surface area contributed by atoms with E-state index in [2.05, 4.69) is 27.9 Å². The Bertz CT molecular complexity index is 1060. The lowest BCUT2D eigenvalue weighted by Gasteiger charge is -2.40. The van der Waals surface area contributed by atoms with Gasteiger partial charge in [-0.25, -0.2) is 0 Å². The number of carbonyl (C=O) groups excluding carboxylic acids is 2. The van der Waals surface area contributed by atoms with Gasteiger partial charge < -0.3 is 29.9 Å². The molecule has 1 aliphatic carbocycles. The molecule has 3 rings (SSSR count). The van der Waals surface area contributed by atoms with E-state index in [0.717, 1.165) is 14.9 Å². The molecule has 0 spiro atoms. The Morgan fingerprint density at radius 2 is 1.83 bits per heavy atom. The molecule has 3 atom stereocenters. The predicted molar refractivity (Wildman–Crippen MR) is 140 cm³/mol. The topological polar surface area (TPSA) is 108 Å². The Hall–Kier alpha value is -2.63. The summed E-state index contributed by atoms with van der Waals surface area (Å²) in [6, 6.07) is 14.3. The second-order valence-electron chi connectivity index (χ2n) is 8.22. The average Bonchev–Trinajstić information content (AvgIpc) is 2.85. The smallest absolute Gasteiger partial charge is 0.247 e. The van der Waals surface area contributed by atoms with Crippen molar-refractivity contribution >= 4 is 34.4 Å². The molecule has 2 amide bonds. The molecule has 0 aliphatic heterocycles. The van der Waals surface area contributed by atoms with Crippen molar-refractivity contribution in [2.24, 2.45) is 0 Å². The van der Waals surface area contributed by atoms with E-state index in [-0.39, 0.29) is 31.4 Å². The highest BCUT2D eigenvalue weighted by atomic mass is 127. The van der Waals surface area contributed by atoms with Gasteiger partial charge in [0.05, 0.1) is 23.3 Å². The van der Waals surface area contributed by atoms with E-state index in [4.69, 9.17) is 14.6 Å². The normalized spacial score (nSPS) is 19.5. The molecule has 0 saturated heterocycles. The number of para-hydroxylation sites is 2. The summed E-state index contributed by atoms with van der Waals surface area (Å²) < 4.78 is 12.4. The highest BCUT2D eigenvalue weighted by molar-refractivity contribution is 14.1. The summed E-state index contributed by atoms with van der Waals surface area (Å²) in [5.74, 6) is 0.728. The summed E-state index contributed by atoms with van der Waals surface area (Å²) in [4.78, 5) is 27.1. The fourth-order valence-electron chi connectivity index (χ4n) is 4.17. The third kappa shape index (κ3) is 6.96. The molecule has 0 fully saturated rings. The SMILES string of the molecule is COc1ccccc1CCN(C(C)=O)[C@@H]1CC(C(=O)NCCO)=C[C@H](Oc2ccccc2I)[C@H]1O. The van der Waals surface area contributed by atoms with Crippen molar-refractivity contribution in [2.45, 2.75) is 38.0 Å². The quantitative estimate of drug-likeness (QED) is 0.365. The minimum absolute atomic E-state index is 0.107. The number of nitrogens with one attached hydrogen (secondary N) is 1. The number of nitrogens with zero attached hydrogens (tertiary/aromatic N) is 1. The number of aliphatic hydroxyl groups excluding tert-OH is 2. The summed E-state index contributed by atoms with van der Waals surface area (Å²) >= 11 is 2.15. The molecule has 35 heavy (non-hydrogen) atoms. The van der Waals surface area contributed by atoms with Gasteiger partial charge in [0.15, 0.2) is 0 Å². The van der Waals surface area contributed by atoms with Gasteiger partial charge in [0.25, 0.3) is 0 Å². The number of rotatable bonds is 10. The molecule has 2 aromatic carbocycles. The highest BCUT2D eigenvalue weighted by Gasteiger charge is 2.39. The number of ether oxygens (including phenoxy) is 2. The molecular formula is C26H31IN2O6. The van der Waals surface area contributed by atoms with Crippen LogP contribution in [0.25, 0.3) is 0 Å². The zero-order valence-corrected chi connectivity index (χ0v) is 22.0. The first-order chi connectivity index (χ1) is 16.8. The van der Waals surface area contributed by atoms with Crippen LogP contribution >= 0.6 is 22.6 Å². The molecule has 0 unspecified atom stereocenters. The third-order valence-corrected chi connectivity index (χ3v) is 6.82. The number of halogens is 1. The molecule has 3 N–H and O–H groups in total. The van der Waals surface area contributed by atoms with E-state index in [1.807, 2.05) is 42.5 Å². The lowest BCUT2D eigenvalue weighted by molar-refractivity contribution is -0.136. The van der Waals surface area contributed by atoms with Gasteiger partial charge in [-0.3, -0.25) is 9.59 Å². The van der Waals surface area contributed by atoms with E-state index in [1.165, 1.54) is 6.92 Å². The first kappa shape index (κ1) is 27.0. The number of hydrogen-bond donors (Lipinski definition) is 3.